The molecule has 124 valence electrons. The third kappa shape index (κ3) is 2.16. The van der Waals surface area contributed by atoms with Gasteiger partial charge in [-0.2, -0.15) is 0 Å². The number of aliphatic hydroxyl groups is 1. The number of pyridine rings is 1. The number of rotatable bonds is 1. The fourth-order valence-corrected chi connectivity index (χ4v) is 4.26. The molecule has 2 aromatic rings. The van der Waals surface area contributed by atoms with Crippen LogP contribution in [0.4, 0.5) is 0 Å². The second kappa shape index (κ2) is 5.69. The minimum atomic E-state index is -0.592. The van der Waals surface area contributed by atoms with Gasteiger partial charge in [0.2, 0.25) is 0 Å². The molecule has 5 nitrogen and oxygen atoms in total. The number of hydrogen-bond acceptors (Lipinski definition) is 4. The Morgan fingerprint density at radius 1 is 1.21 bits per heavy atom. The number of piperidine rings is 1. The number of aliphatic hydroxyl groups excluding tert-OH is 1. The summed E-state index contributed by atoms with van der Waals surface area (Å²) in [5, 5.41) is 10.8. The van der Waals surface area contributed by atoms with E-state index in [1.165, 1.54) is 0 Å². The molecule has 5 heteroatoms. The number of aromatic nitrogens is 1. The van der Waals surface area contributed by atoms with Crippen LogP contribution in [0.15, 0.2) is 48.8 Å². The van der Waals surface area contributed by atoms with E-state index in [4.69, 9.17) is 5.73 Å². The second-order valence-electron chi connectivity index (χ2n) is 6.75. The summed E-state index contributed by atoms with van der Waals surface area (Å²) in [6, 6.07) is 11.3. The molecule has 1 saturated heterocycles. The Kier molecular flexibility index (Phi) is 3.62. The Morgan fingerprint density at radius 3 is 2.67 bits per heavy atom. The van der Waals surface area contributed by atoms with Gasteiger partial charge < -0.3 is 15.7 Å². The number of hydrogen-bond donors (Lipinski definition) is 2. The van der Waals surface area contributed by atoms with Crippen molar-refractivity contribution >= 4 is 5.91 Å². The fraction of sp³-hybridized carbons (Fsp3) is 0.368. The van der Waals surface area contributed by atoms with Crippen LogP contribution in [0.3, 0.4) is 0 Å². The van der Waals surface area contributed by atoms with Crippen LogP contribution in [0.2, 0.25) is 0 Å². The van der Waals surface area contributed by atoms with Crippen LogP contribution >= 0.6 is 0 Å². The fourth-order valence-electron chi connectivity index (χ4n) is 4.26. The Balaban J connectivity index is 1.57. The monoisotopic (exact) mass is 323 g/mol. The molecule has 0 unspecified atom stereocenters. The zero-order valence-corrected chi connectivity index (χ0v) is 13.4. The van der Waals surface area contributed by atoms with Gasteiger partial charge in [-0.05, 0) is 36.1 Å². The van der Waals surface area contributed by atoms with Crippen molar-refractivity contribution in [1.82, 2.24) is 9.88 Å². The maximum atomic E-state index is 12.6. The molecule has 1 aliphatic heterocycles. The van der Waals surface area contributed by atoms with Crippen molar-refractivity contribution in [2.45, 2.75) is 30.4 Å². The smallest absolute Gasteiger partial charge is 0.255 e. The van der Waals surface area contributed by atoms with Gasteiger partial charge in [-0.15, -0.1) is 0 Å². The summed E-state index contributed by atoms with van der Waals surface area (Å²) in [6.07, 6.45) is 4.12. The van der Waals surface area contributed by atoms with Gasteiger partial charge in [0.25, 0.3) is 5.91 Å². The summed E-state index contributed by atoms with van der Waals surface area (Å²) < 4.78 is 0. The van der Waals surface area contributed by atoms with E-state index in [1.54, 1.807) is 24.5 Å². The van der Waals surface area contributed by atoms with Crippen LogP contribution in [0.5, 0.6) is 0 Å². The van der Waals surface area contributed by atoms with E-state index in [9.17, 15) is 9.90 Å². The molecule has 1 aromatic heterocycles. The first kappa shape index (κ1) is 15.3. The highest BCUT2D eigenvalue weighted by Gasteiger charge is 2.51. The van der Waals surface area contributed by atoms with Crippen molar-refractivity contribution in [3.05, 3.63) is 65.5 Å². The quantitative estimate of drug-likeness (QED) is 0.836. The van der Waals surface area contributed by atoms with Gasteiger partial charge in [0.15, 0.2) is 0 Å². The van der Waals surface area contributed by atoms with Crippen molar-refractivity contribution in [1.29, 1.82) is 0 Å². The molecular formula is C19H21N3O2. The molecule has 1 fully saturated rings. The third-order valence-corrected chi connectivity index (χ3v) is 5.61. The molecule has 0 radical (unpaired) electrons. The van der Waals surface area contributed by atoms with Gasteiger partial charge in [0, 0.05) is 30.9 Å². The summed E-state index contributed by atoms with van der Waals surface area (Å²) in [6.45, 7) is 1.23. The predicted octanol–water partition coefficient (Wildman–Crippen LogP) is 1.63. The normalized spacial score (nSPS) is 24.8. The first-order valence-corrected chi connectivity index (χ1v) is 8.36. The maximum Gasteiger partial charge on any atom is 0.255 e. The van der Waals surface area contributed by atoms with Crippen LogP contribution in [0, 0.1) is 0 Å². The minimum absolute atomic E-state index is 0.00280. The Morgan fingerprint density at radius 2 is 1.96 bits per heavy atom. The molecule has 1 amide bonds. The van der Waals surface area contributed by atoms with Crippen molar-refractivity contribution < 1.29 is 9.90 Å². The summed E-state index contributed by atoms with van der Waals surface area (Å²) in [5.41, 5.74) is 8.71. The maximum absolute atomic E-state index is 12.6. The molecule has 2 heterocycles. The van der Waals surface area contributed by atoms with E-state index >= 15 is 0 Å². The largest absolute Gasteiger partial charge is 0.390 e. The molecule has 2 aliphatic rings. The zero-order valence-electron chi connectivity index (χ0n) is 13.4. The highest BCUT2D eigenvalue weighted by Crippen LogP contribution is 2.50. The lowest BCUT2D eigenvalue weighted by atomic mass is 9.72. The minimum Gasteiger partial charge on any atom is -0.390 e. The Labute approximate surface area is 141 Å². The molecular weight excluding hydrogens is 302 g/mol. The second-order valence-corrected chi connectivity index (χ2v) is 6.75. The SMILES string of the molecule is N[C@H]1c2ccccc2C2(CCN(C(=O)c3cccnc3)CC2)[C@@H]1O. The Hall–Kier alpha value is -2.24. The molecule has 4 rings (SSSR count). The average molecular weight is 323 g/mol. The molecule has 3 N–H and O–H groups in total. The summed E-state index contributed by atoms with van der Waals surface area (Å²) in [4.78, 5) is 18.5. The number of carbonyl (C=O) groups excluding carboxylic acids is 1. The molecule has 1 aromatic carbocycles. The third-order valence-electron chi connectivity index (χ3n) is 5.61. The standard InChI is InChI=1S/C19H21N3O2/c20-16-14-5-1-2-6-15(14)19(17(16)23)7-10-22(11-8-19)18(24)13-4-3-9-21-12-13/h1-6,9,12,16-17,23H,7-8,10-11,20H2/t16-,17+/m0/s1. The number of benzene rings is 1. The van der Waals surface area contributed by atoms with Gasteiger partial charge in [-0.1, -0.05) is 24.3 Å². The lowest BCUT2D eigenvalue weighted by molar-refractivity contribution is 0.0262. The zero-order chi connectivity index (χ0) is 16.7. The summed E-state index contributed by atoms with van der Waals surface area (Å²) >= 11 is 0. The highest BCUT2D eigenvalue weighted by molar-refractivity contribution is 5.94. The van der Waals surface area contributed by atoms with Gasteiger partial charge in [-0.25, -0.2) is 0 Å². The van der Waals surface area contributed by atoms with Crippen LogP contribution in [-0.2, 0) is 5.41 Å². The molecule has 1 spiro atoms. The Bertz CT molecular complexity index is 754. The van der Waals surface area contributed by atoms with Gasteiger partial charge >= 0.3 is 0 Å². The number of carbonyl (C=O) groups is 1. The van der Waals surface area contributed by atoms with Crippen molar-refractivity contribution in [3.63, 3.8) is 0 Å². The number of nitrogens with zero attached hydrogens (tertiary/aromatic N) is 2. The summed E-state index contributed by atoms with van der Waals surface area (Å²) in [5.74, 6) is 0.00280. The van der Waals surface area contributed by atoms with E-state index in [-0.39, 0.29) is 17.4 Å². The van der Waals surface area contributed by atoms with E-state index in [0.29, 0.717) is 18.7 Å². The van der Waals surface area contributed by atoms with Gasteiger partial charge in [0.1, 0.15) is 0 Å². The van der Waals surface area contributed by atoms with Gasteiger partial charge in [-0.3, -0.25) is 9.78 Å². The average Bonchev–Trinajstić information content (AvgIpc) is 2.85. The van der Waals surface area contributed by atoms with Crippen LogP contribution < -0.4 is 5.73 Å². The lowest BCUT2D eigenvalue weighted by Gasteiger charge is -2.42. The molecule has 2 atom stereocenters. The number of amides is 1. The van der Waals surface area contributed by atoms with Crippen LogP contribution in [-0.4, -0.2) is 40.1 Å². The van der Waals surface area contributed by atoms with Crippen LogP contribution in [0.1, 0.15) is 40.4 Å². The number of likely N-dealkylation sites (tertiary alicyclic amines) is 1. The van der Waals surface area contributed by atoms with Crippen LogP contribution in [0.25, 0.3) is 0 Å². The number of nitrogens with two attached hydrogens (primary N) is 1. The van der Waals surface area contributed by atoms with E-state index in [1.807, 2.05) is 23.1 Å². The topological polar surface area (TPSA) is 79.5 Å². The molecule has 24 heavy (non-hydrogen) atoms. The number of fused-ring (bicyclic) bond motifs is 2. The van der Waals surface area contributed by atoms with E-state index in [0.717, 1.165) is 24.0 Å². The summed E-state index contributed by atoms with van der Waals surface area (Å²) in [7, 11) is 0. The van der Waals surface area contributed by atoms with E-state index < -0.39 is 6.10 Å². The van der Waals surface area contributed by atoms with Gasteiger partial charge in [0.05, 0.1) is 17.7 Å². The molecule has 1 aliphatic carbocycles. The highest BCUT2D eigenvalue weighted by atomic mass is 16.3. The van der Waals surface area contributed by atoms with Crippen molar-refractivity contribution in [3.8, 4) is 0 Å². The molecule has 0 saturated carbocycles. The van der Waals surface area contributed by atoms with Crippen molar-refractivity contribution in [2.24, 2.45) is 5.73 Å². The first-order chi connectivity index (χ1) is 11.6. The van der Waals surface area contributed by atoms with Crippen molar-refractivity contribution in [2.75, 3.05) is 13.1 Å². The predicted molar refractivity (Wildman–Crippen MR) is 90.4 cm³/mol. The first-order valence-electron chi connectivity index (χ1n) is 8.36. The lowest BCUT2D eigenvalue weighted by Crippen LogP contribution is -2.50. The van der Waals surface area contributed by atoms with E-state index in [2.05, 4.69) is 11.1 Å². The molecule has 0 bridgehead atoms.